The summed E-state index contributed by atoms with van der Waals surface area (Å²) in [6.45, 7) is 3.27. The van der Waals surface area contributed by atoms with Crippen LogP contribution in [0.2, 0.25) is 0 Å². The van der Waals surface area contributed by atoms with Crippen LogP contribution in [0.5, 0.6) is 11.5 Å². The SMILES string of the molecule is COCNCc1c(C)cc(OC)cc1OC. The third-order valence-corrected chi connectivity index (χ3v) is 2.41. The van der Waals surface area contributed by atoms with E-state index in [1.807, 2.05) is 19.1 Å². The van der Waals surface area contributed by atoms with E-state index in [0.717, 1.165) is 22.6 Å². The van der Waals surface area contributed by atoms with Crippen LogP contribution in [-0.2, 0) is 11.3 Å². The predicted octanol–water partition coefficient (Wildman–Crippen LogP) is 1.71. The molecule has 0 atom stereocenters. The van der Waals surface area contributed by atoms with Crippen LogP contribution < -0.4 is 14.8 Å². The number of nitrogens with one attached hydrogen (secondary N) is 1. The van der Waals surface area contributed by atoms with Gasteiger partial charge in [0.25, 0.3) is 0 Å². The fourth-order valence-corrected chi connectivity index (χ4v) is 1.56. The molecule has 0 bridgehead atoms. The molecule has 16 heavy (non-hydrogen) atoms. The van der Waals surface area contributed by atoms with Crippen LogP contribution in [-0.4, -0.2) is 28.1 Å². The fourth-order valence-electron chi connectivity index (χ4n) is 1.56. The smallest absolute Gasteiger partial charge is 0.127 e. The Bertz CT molecular complexity index is 339. The summed E-state index contributed by atoms with van der Waals surface area (Å²) in [5.41, 5.74) is 2.26. The predicted molar refractivity (Wildman–Crippen MR) is 63.0 cm³/mol. The van der Waals surface area contributed by atoms with E-state index < -0.39 is 0 Å². The minimum atomic E-state index is 0.522. The standard InChI is InChI=1S/C12H19NO3/c1-9-5-10(15-3)6-12(16-4)11(9)7-13-8-14-2/h5-6,13H,7-8H2,1-4H3. The van der Waals surface area contributed by atoms with Crippen LogP contribution in [0.4, 0.5) is 0 Å². The average Bonchev–Trinajstić information content (AvgIpc) is 2.30. The van der Waals surface area contributed by atoms with Crippen molar-refractivity contribution in [1.29, 1.82) is 0 Å². The van der Waals surface area contributed by atoms with Crippen LogP contribution in [0.15, 0.2) is 12.1 Å². The van der Waals surface area contributed by atoms with Gasteiger partial charge < -0.3 is 14.2 Å². The molecule has 0 unspecified atom stereocenters. The van der Waals surface area contributed by atoms with Gasteiger partial charge in [0.2, 0.25) is 0 Å². The van der Waals surface area contributed by atoms with Gasteiger partial charge in [0.15, 0.2) is 0 Å². The van der Waals surface area contributed by atoms with E-state index in [1.54, 1.807) is 21.3 Å². The highest BCUT2D eigenvalue weighted by molar-refractivity contribution is 5.46. The number of ether oxygens (including phenoxy) is 3. The van der Waals surface area contributed by atoms with Crippen LogP contribution in [0, 0.1) is 6.92 Å². The lowest BCUT2D eigenvalue weighted by atomic mass is 10.1. The van der Waals surface area contributed by atoms with Crippen LogP contribution in [0.1, 0.15) is 11.1 Å². The molecule has 0 aliphatic heterocycles. The Labute approximate surface area is 96.5 Å². The second kappa shape index (κ2) is 6.35. The van der Waals surface area contributed by atoms with Crippen molar-refractivity contribution in [2.75, 3.05) is 28.1 Å². The van der Waals surface area contributed by atoms with Gasteiger partial charge in [-0.25, -0.2) is 0 Å². The van der Waals surface area contributed by atoms with Crippen molar-refractivity contribution in [3.63, 3.8) is 0 Å². The lowest BCUT2D eigenvalue weighted by Crippen LogP contribution is -2.17. The van der Waals surface area contributed by atoms with Gasteiger partial charge in [0.1, 0.15) is 11.5 Å². The molecule has 0 aromatic heterocycles. The molecule has 0 aliphatic rings. The zero-order valence-corrected chi connectivity index (χ0v) is 10.3. The number of hydrogen-bond donors (Lipinski definition) is 1. The monoisotopic (exact) mass is 225 g/mol. The molecule has 90 valence electrons. The third kappa shape index (κ3) is 3.12. The summed E-state index contributed by atoms with van der Waals surface area (Å²) < 4.78 is 15.5. The molecular weight excluding hydrogens is 206 g/mol. The highest BCUT2D eigenvalue weighted by Gasteiger charge is 2.08. The van der Waals surface area contributed by atoms with Crippen molar-refractivity contribution in [3.05, 3.63) is 23.3 Å². The van der Waals surface area contributed by atoms with Gasteiger partial charge in [-0.15, -0.1) is 0 Å². The average molecular weight is 225 g/mol. The van der Waals surface area contributed by atoms with Crippen LogP contribution in [0.3, 0.4) is 0 Å². The van der Waals surface area contributed by atoms with E-state index in [4.69, 9.17) is 14.2 Å². The molecule has 0 amide bonds. The molecule has 4 heteroatoms. The quantitative estimate of drug-likeness (QED) is 0.591. The molecular formula is C12H19NO3. The molecule has 1 aromatic rings. The highest BCUT2D eigenvalue weighted by Crippen LogP contribution is 2.28. The van der Waals surface area contributed by atoms with Gasteiger partial charge in [-0.3, -0.25) is 5.32 Å². The largest absolute Gasteiger partial charge is 0.497 e. The summed E-state index contributed by atoms with van der Waals surface area (Å²) >= 11 is 0. The van der Waals surface area contributed by atoms with Crippen molar-refractivity contribution >= 4 is 0 Å². The van der Waals surface area contributed by atoms with E-state index in [2.05, 4.69) is 5.32 Å². The van der Waals surface area contributed by atoms with Crippen molar-refractivity contribution in [2.45, 2.75) is 13.5 Å². The number of aryl methyl sites for hydroxylation is 1. The zero-order valence-electron chi connectivity index (χ0n) is 10.3. The number of benzene rings is 1. The normalized spacial score (nSPS) is 10.2. The lowest BCUT2D eigenvalue weighted by molar-refractivity contribution is 0.174. The molecule has 0 radical (unpaired) electrons. The van der Waals surface area contributed by atoms with E-state index >= 15 is 0 Å². The van der Waals surface area contributed by atoms with Gasteiger partial charge in [-0.1, -0.05) is 0 Å². The van der Waals surface area contributed by atoms with E-state index in [0.29, 0.717) is 13.3 Å². The summed E-state index contributed by atoms with van der Waals surface area (Å²) in [7, 11) is 4.97. The van der Waals surface area contributed by atoms with E-state index in [-0.39, 0.29) is 0 Å². The van der Waals surface area contributed by atoms with Crippen LogP contribution >= 0.6 is 0 Å². The van der Waals surface area contributed by atoms with E-state index in [9.17, 15) is 0 Å². The number of methoxy groups -OCH3 is 3. The van der Waals surface area contributed by atoms with Crippen molar-refractivity contribution in [3.8, 4) is 11.5 Å². The van der Waals surface area contributed by atoms with Crippen molar-refractivity contribution in [2.24, 2.45) is 0 Å². The Morgan fingerprint density at radius 2 is 1.88 bits per heavy atom. The molecule has 0 saturated carbocycles. The zero-order chi connectivity index (χ0) is 12.0. The summed E-state index contributed by atoms with van der Waals surface area (Å²) in [6, 6.07) is 3.88. The topological polar surface area (TPSA) is 39.7 Å². The van der Waals surface area contributed by atoms with Crippen LogP contribution in [0.25, 0.3) is 0 Å². The summed E-state index contributed by atoms with van der Waals surface area (Å²) in [5, 5.41) is 3.16. The molecule has 1 aromatic carbocycles. The first-order valence-electron chi connectivity index (χ1n) is 5.14. The first kappa shape index (κ1) is 12.8. The summed E-state index contributed by atoms with van der Waals surface area (Å²) in [4.78, 5) is 0. The molecule has 0 fully saturated rings. The van der Waals surface area contributed by atoms with Gasteiger partial charge in [-0.2, -0.15) is 0 Å². The minimum absolute atomic E-state index is 0.522. The third-order valence-electron chi connectivity index (χ3n) is 2.41. The molecule has 0 saturated heterocycles. The maximum Gasteiger partial charge on any atom is 0.127 e. The Balaban J connectivity index is 2.88. The Morgan fingerprint density at radius 3 is 2.44 bits per heavy atom. The summed E-state index contributed by atoms with van der Waals surface area (Å²) in [5.74, 6) is 1.64. The van der Waals surface area contributed by atoms with Gasteiger partial charge in [0, 0.05) is 25.3 Å². The fraction of sp³-hybridized carbons (Fsp3) is 0.500. The van der Waals surface area contributed by atoms with Gasteiger partial charge in [-0.05, 0) is 18.6 Å². The van der Waals surface area contributed by atoms with Gasteiger partial charge >= 0.3 is 0 Å². The Morgan fingerprint density at radius 1 is 1.12 bits per heavy atom. The molecule has 0 heterocycles. The first-order chi connectivity index (χ1) is 7.72. The maximum absolute atomic E-state index is 5.34. The molecule has 1 N–H and O–H groups in total. The Hall–Kier alpha value is -1.26. The highest BCUT2D eigenvalue weighted by atomic mass is 16.5. The Kier molecular flexibility index (Phi) is 5.08. The van der Waals surface area contributed by atoms with Crippen molar-refractivity contribution < 1.29 is 14.2 Å². The summed E-state index contributed by atoms with van der Waals surface area (Å²) in [6.07, 6.45) is 0. The number of rotatable bonds is 6. The molecule has 0 aliphatic carbocycles. The maximum atomic E-state index is 5.34. The molecule has 4 nitrogen and oxygen atoms in total. The minimum Gasteiger partial charge on any atom is -0.497 e. The van der Waals surface area contributed by atoms with E-state index in [1.165, 1.54) is 0 Å². The molecule has 1 rings (SSSR count). The van der Waals surface area contributed by atoms with Crippen molar-refractivity contribution in [1.82, 2.24) is 5.32 Å². The lowest BCUT2D eigenvalue weighted by Gasteiger charge is -2.14. The van der Waals surface area contributed by atoms with Gasteiger partial charge in [0.05, 0.1) is 21.0 Å². The first-order valence-corrected chi connectivity index (χ1v) is 5.14. The molecule has 0 spiro atoms. The second-order valence-electron chi connectivity index (χ2n) is 3.48. The second-order valence-corrected chi connectivity index (χ2v) is 3.48. The number of hydrogen-bond acceptors (Lipinski definition) is 4.